The quantitative estimate of drug-likeness (QED) is 0.458. The largest absolute Gasteiger partial charge is 0.198 e. The van der Waals surface area contributed by atoms with Crippen molar-refractivity contribution in [3.63, 3.8) is 0 Å². The van der Waals surface area contributed by atoms with E-state index in [0.29, 0.717) is 6.42 Å². The zero-order valence-corrected chi connectivity index (χ0v) is 8.74. The Labute approximate surface area is 86.8 Å². The first kappa shape index (κ1) is 12.4. The van der Waals surface area contributed by atoms with E-state index in [0.717, 1.165) is 12.0 Å². The molecule has 74 valence electrons. The smallest absolute Gasteiger partial charge is 0.0700 e. The first-order valence-electron chi connectivity index (χ1n) is 4.78. The van der Waals surface area contributed by atoms with Crippen molar-refractivity contribution >= 4 is 0 Å². The maximum atomic E-state index is 8.64. The fraction of sp³-hybridized carbons (Fsp3) is 0.308. The maximum absolute atomic E-state index is 8.64. The van der Waals surface area contributed by atoms with Crippen LogP contribution in [0.4, 0.5) is 0 Å². The van der Waals surface area contributed by atoms with Gasteiger partial charge in [-0.3, -0.25) is 0 Å². The molecule has 0 heterocycles. The van der Waals surface area contributed by atoms with Gasteiger partial charge in [0.2, 0.25) is 0 Å². The molecule has 0 spiro atoms. The van der Waals surface area contributed by atoms with Crippen molar-refractivity contribution in [2.45, 2.75) is 19.8 Å². The molecule has 0 aliphatic heterocycles. The Balaban J connectivity index is 3.94. The minimum atomic E-state index is -0.0887. The standard InChI is InChI=1S/C13H17N/c1-4-6-8-12(3)9-7-10-13(5-2)11-14/h5-9,13H,2-4,10H2,1H3/b8-6-,9-7+. The number of allylic oxidation sites excluding steroid dienone is 6. The second kappa shape index (κ2) is 8.07. The molecule has 0 bridgehead atoms. The van der Waals surface area contributed by atoms with Crippen LogP contribution >= 0.6 is 0 Å². The van der Waals surface area contributed by atoms with E-state index in [1.807, 2.05) is 18.2 Å². The molecule has 0 radical (unpaired) electrons. The third-order valence-electron chi connectivity index (χ3n) is 1.74. The van der Waals surface area contributed by atoms with Crippen LogP contribution in [0, 0.1) is 17.2 Å². The normalized spacial score (nSPS) is 12.9. The van der Waals surface area contributed by atoms with Crippen LogP contribution in [0.1, 0.15) is 19.8 Å². The van der Waals surface area contributed by atoms with Crippen LogP contribution in [0.5, 0.6) is 0 Å². The summed E-state index contributed by atoms with van der Waals surface area (Å²) in [6.07, 6.45) is 11.3. The SMILES string of the molecule is C=CC(C#N)C/C=C/C(=C)/C=C\CC. The molecule has 0 rings (SSSR count). The predicted octanol–water partition coefficient (Wildman–Crippen LogP) is 3.78. The van der Waals surface area contributed by atoms with Gasteiger partial charge in [0.1, 0.15) is 0 Å². The van der Waals surface area contributed by atoms with Crippen molar-refractivity contribution in [1.29, 1.82) is 5.26 Å². The van der Waals surface area contributed by atoms with Gasteiger partial charge in [-0.15, -0.1) is 6.58 Å². The van der Waals surface area contributed by atoms with E-state index in [4.69, 9.17) is 5.26 Å². The van der Waals surface area contributed by atoms with Gasteiger partial charge in [-0.1, -0.05) is 43.9 Å². The van der Waals surface area contributed by atoms with Gasteiger partial charge in [0.05, 0.1) is 12.0 Å². The first-order valence-corrected chi connectivity index (χ1v) is 4.78. The Morgan fingerprint density at radius 1 is 1.43 bits per heavy atom. The van der Waals surface area contributed by atoms with Gasteiger partial charge in [0.15, 0.2) is 0 Å². The number of nitrogens with zero attached hydrogens (tertiary/aromatic N) is 1. The van der Waals surface area contributed by atoms with Crippen molar-refractivity contribution in [1.82, 2.24) is 0 Å². The van der Waals surface area contributed by atoms with Gasteiger partial charge in [-0.2, -0.15) is 5.26 Å². The molecule has 1 atom stereocenters. The van der Waals surface area contributed by atoms with Crippen molar-refractivity contribution in [3.05, 3.63) is 49.1 Å². The lowest BCUT2D eigenvalue weighted by Crippen LogP contribution is -1.87. The number of rotatable bonds is 6. The molecule has 14 heavy (non-hydrogen) atoms. The van der Waals surface area contributed by atoms with Crippen LogP contribution in [0.3, 0.4) is 0 Å². The Hall–Kier alpha value is -1.55. The maximum Gasteiger partial charge on any atom is 0.0700 e. The molecule has 0 saturated carbocycles. The highest BCUT2D eigenvalue weighted by Gasteiger charge is 1.96. The molecular formula is C13H17N. The molecule has 0 aromatic rings. The number of nitriles is 1. The molecule has 0 fully saturated rings. The van der Waals surface area contributed by atoms with Crippen LogP contribution in [0.25, 0.3) is 0 Å². The molecule has 0 N–H and O–H groups in total. The van der Waals surface area contributed by atoms with Crippen LogP contribution in [-0.2, 0) is 0 Å². The average Bonchev–Trinajstić information content (AvgIpc) is 2.21. The second-order valence-corrected chi connectivity index (χ2v) is 2.99. The zero-order valence-electron chi connectivity index (χ0n) is 8.74. The molecule has 1 nitrogen and oxygen atoms in total. The van der Waals surface area contributed by atoms with E-state index in [1.165, 1.54) is 0 Å². The van der Waals surface area contributed by atoms with Crippen molar-refractivity contribution in [3.8, 4) is 6.07 Å². The summed E-state index contributed by atoms with van der Waals surface area (Å²) in [5.41, 5.74) is 0.965. The summed E-state index contributed by atoms with van der Waals surface area (Å²) in [6.45, 7) is 9.53. The highest BCUT2D eigenvalue weighted by Crippen LogP contribution is 2.05. The summed E-state index contributed by atoms with van der Waals surface area (Å²) in [5, 5.41) is 8.64. The van der Waals surface area contributed by atoms with E-state index in [2.05, 4.69) is 32.2 Å². The Bertz CT molecular complexity index is 276. The minimum Gasteiger partial charge on any atom is -0.198 e. The summed E-state index contributed by atoms with van der Waals surface area (Å²) in [4.78, 5) is 0. The summed E-state index contributed by atoms with van der Waals surface area (Å²) in [7, 11) is 0. The third kappa shape index (κ3) is 6.02. The summed E-state index contributed by atoms with van der Waals surface area (Å²) in [5.74, 6) is -0.0887. The first-order chi connectivity index (χ1) is 6.74. The predicted molar refractivity (Wildman–Crippen MR) is 61.6 cm³/mol. The van der Waals surface area contributed by atoms with E-state index in [1.54, 1.807) is 6.08 Å². The van der Waals surface area contributed by atoms with Gasteiger partial charge in [0, 0.05) is 0 Å². The Morgan fingerprint density at radius 3 is 2.57 bits per heavy atom. The fourth-order valence-corrected chi connectivity index (χ4v) is 0.892. The van der Waals surface area contributed by atoms with Crippen LogP contribution in [0.15, 0.2) is 49.1 Å². The summed E-state index contributed by atoms with van der Waals surface area (Å²) >= 11 is 0. The third-order valence-corrected chi connectivity index (χ3v) is 1.74. The van der Waals surface area contributed by atoms with Gasteiger partial charge < -0.3 is 0 Å². The lowest BCUT2D eigenvalue weighted by atomic mass is 10.1. The van der Waals surface area contributed by atoms with Gasteiger partial charge >= 0.3 is 0 Å². The van der Waals surface area contributed by atoms with E-state index >= 15 is 0 Å². The monoisotopic (exact) mass is 187 g/mol. The van der Waals surface area contributed by atoms with Crippen LogP contribution in [-0.4, -0.2) is 0 Å². The Morgan fingerprint density at radius 2 is 2.07 bits per heavy atom. The molecule has 1 heteroatoms. The summed E-state index contributed by atoms with van der Waals surface area (Å²) in [6, 6.07) is 2.15. The Kier molecular flexibility index (Phi) is 7.17. The molecule has 0 aromatic carbocycles. The molecule has 0 aliphatic carbocycles. The van der Waals surface area contributed by atoms with E-state index < -0.39 is 0 Å². The molecule has 0 amide bonds. The molecule has 0 aromatic heterocycles. The highest BCUT2D eigenvalue weighted by molar-refractivity contribution is 5.27. The topological polar surface area (TPSA) is 23.8 Å². The number of hydrogen-bond acceptors (Lipinski definition) is 1. The van der Waals surface area contributed by atoms with Crippen molar-refractivity contribution in [2.75, 3.05) is 0 Å². The average molecular weight is 187 g/mol. The van der Waals surface area contributed by atoms with Crippen LogP contribution in [0.2, 0.25) is 0 Å². The number of hydrogen-bond donors (Lipinski definition) is 0. The van der Waals surface area contributed by atoms with E-state index in [-0.39, 0.29) is 5.92 Å². The highest BCUT2D eigenvalue weighted by atomic mass is 14.3. The minimum absolute atomic E-state index is 0.0887. The second-order valence-electron chi connectivity index (χ2n) is 2.99. The van der Waals surface area contributed by atoms with Gasteiger partial charge in [0.25, 0.3) is 0 Å². The van der Waals surface area contributed by atoms with Crippen molar-refractivity contribution in [2.24, 2.45) is 5.92 Å². The zero-order chi connectivity index (χ0) is 10.8. The molecule has 1 unspecified atom stereocenters. The van der Waals surface area contributed by atoms with Gasteiger partial charge in [-0.05, 0) is 18.4 Å². The molecular weight excluding hydrogens is 170 g/mol. The summed E-state index contributed by atoms with van der Waals surface area (Å²) < 4.78 is 0. The lowest BCUT2D eigenvalue weighted by molar-refractivity contribution is 0.850. The molecule has 0 aliphatic rings. The van der Waals surface area contributed by atoms with Crippen LogP contribution < -0.4 is 0 Å². The molecule has 0 saturated heterocycles. The lowest BCUT2D eigenvalue weighted by Gasteiger charge is -1.95. The van der Waals surface area contributed by atoms with E-state index in [9.17, 15) is 0 Å². The fourth-order valence-electron chi connectivity index (χ4n) is 0.892. The van der Waals surface area contributed by atoms with Gasteiger partial charge in [-0.25, -0.2) is 0 Å². The van der Waals surface area contributed by atoms with Crippen molar-refractivity contribution < 1.29 is 0 Å².